The zero-order valence-electron chi connectivity index (χ0n) is 10.5. The van der Waals surface area contributed by atoms with Gasteiger partial charge in [0.1, 0.15) is 0 Å². The van der Waals surface area contributed by atoms with Gasteiger partial charge in [-0.25, -0.2) is 0 Å². The molecule has 6 heteroatoms. The fraction of sp³-hybridized carbons (Fsp3) is 0.385. The molecule has 1 aliphatic heterocycles. The van der Waals surface area contributed by atoms with Gasteiger partial charge in [0.2, 0.25) is 0 Å². The maximum Gasteiger partial charge on any atom is 0.276 e. The first-order chi connectivity index (χ1) is 9.33. The Hall–Kier alpha value is -1.66. The van der Waals surface area contributed by atoms with Crippen molar-refractivity contribution in [1.29, 1.82) is 0 Å². The molecule has 0 spiro atoms. The van der Waals surface area contributed by atoms with Crippen LogP contribution in [0.3, 0.4) is 0 Å². The first-order valence-corrected chi connectivity index (χ1v) is 7.36. The summed E-state index contributed by atoms with van der Waals surface area (Å²) in [5, 5.41) is 14.4. The van der Waals surface area contributed by atoms with Gasteiger partial charge >= 0.3 is 0 Å². The number of nitrogens with zero attached hydrogens (tertiary/aromatic N) is 2. The molecular weight excluding hydrogens is 260 g/mol. The number of nitrogens with one attached hydrogen (secondary N) is 2. The van der Waals surface area contributed by atoms with E-state index < -0.39 is 0 Å². The van der Waals surface area contributed by atoms with Crippen LogP contribution in [0.25, 0.3) is 0 Å². The van der Waals surface area contributed by atoms with Crippen molar-refractivity contribution in [3.63, 3.8) is 0 Å². The highest BCUT2D eigenvalue weighted by atomic mass is 32.1. The molecule has 1 saturated heterocycles. The summed E-state index contributed by atoms with van der Waals surface area (Å²) in [7, 11) is 0. The summed E-state index contributed by atoms with van der Waals surface area (Å²) in [6.45, 7) is 2.00. The molecule has 3 rings (SSSR count). The lowest BCUT2D eigenvalue weighted by molar-refractivity contribution is 0.102. The van der Waals surface area contributed by atoms with E-state index in [0.29, 0.717) is 11.7 Å². The van der Waals surface area contributed by atoms with Crippen LogP contribution in [0.15, 0.2) is 29.1 Å². The summed E-state index contributed by atoms with van der Waals surface area (Å²) in [5.74, 6) is -0.152. The number of thiophene rings is 1. The smallest absolute Gasteiger partial charge is 0.276 e. The van der Waals surface area contributed by atoms with Crippen molar-refractivity contribution in [2.24, 2.45) is 0 Å². The molecule has 1 fully saturated rings. The summed E-state index contributed by atoms with van der Waals surface area (Å²) in [6, 6.07) is 4.01. The second-order valence-electron chi connectivity index (χ2n) is 4.65. The Morgan fingerprint density at radius 1 is 1.53 bits per heavy atom. The molecular formula is C13H16N4OS. The molecule has 0 aliphatic carbocycles. The molecule has 0 saturated carbocycles. The minimum Gasteiger partial charge on any atom is -0.320 e. The number of amides is 1. The van der Waals surface area contributed by atoms with E-state index >= 15 is 0 Å². The Morgan fingerprint density at radius 2 is 2.47 bits per heavy atom. The topological polar surface area (TPSA) is 59.0 Å². The number of hydrogen-bond acceptors (Lipinski definition) is 4. The summed E-state index contributed by atoms with van der Waals surface area (Å²) in [6.07, 6.45) is 4.15. The molecule has 1 aliphatic rings. The number of piperidine rings is 1. The fourth-order valence-corrected chi connectivity index (χ4v) is 2.84. The predicted molar refractivity (Wildman–Crippen MR) is 75.6 cm³/mol. The second kappa shape index (κ2) is 5.54. The van der Waals surface area contributed by atoms with E-state index in [9.17, 15) is 4.79 Å². The third-order valence-electron chi connectivity index (χ3n) is 3.27. The van der Waals surface area contributed by atoms with Crippen LogP contribution >= 0.6 is 11.3 Å². The highest BCUT2D eigenvalue weighted by Crippen LogP contribution is 2.17. The van der Waals surface area contributed by atoms with Gasteiger partial charge in [0.25, 0.3) is 5.91 Å². The standard InChI is InChI=1S/C13H16N4OS/c18-13(15-10-4-7-19-9-10)12-3-6-17(16-12)11-2-1-5-14-8-11/h3-4,6-7,9,11,14H,1-2,5,8H2,(H,15,18). The maximum absolute atomic E-state index is 12.0. The van der Waals surface area contributed by atoms with Gasteiger partial charge in [-0.2, -0.15) is 16.4 Å². The summed E-state index contributed by atoms with van der Waals surface area (Å²) in [4.78, 5) is 12.0. The van der Waals surface area contributed by atoms with Gasteiger partial charge in [-0.3, -0.25) is 9.48 Å². The molecule has 19 heavy (non-hydrogen) atoms. The van der Waals surface area contributed by atoms with Crippen LogP contribution in [0.2, 0.25) is 0 Å². The van der Waals surface area contributed by atoms with Crippen LogP contribution in [-0.2, 0) is 0 Å². The van der Waals surface area contributed by atoms with Crippen LogP contribution in [0, 0.1) is 0 Å². The summed E-state index contributed by atoms with van der Waals surface area (Å²) < 4.78 is 1.90. The van der Waals surface area contributed by atoms with Crippen LogP contribution in [-0.4, -0.2) is 28.8 Å². The van der Waals surface area contributed by atoms with Gasteiger partial charge < -0.3 is 10.6 Å². The van der Waals surface area contributed by atoms with Crippen molar-refractivity contribution in [3.05, 3.63) is 34.8 Å². The Labute approximate surface area is 115 Å². The number of carbonyl (C=O) groups is 1. The minimum absolute atomic E-state index is 0.152. The first-order valence-electron chi connectivity index (χ1n) is 6.42. The van der Waals surface area contributed by atoms with Crippen molar-refractivity contribution >= 4 is 22.9 Å². The lowest BCUT2D eigenvalue weighted by Crippen LogP contribution is -2.32. The molecule has 0 bridgehead atoms. The highest BCUT2D eigenvalue weighted by Gasteiger charge is 2.17. The molecule has 3 heterocycles. The zero-order chi connectivity index (χ0) is 13.1. The van der Waals surface area contributed by atoms with Crippen LogP contribution in [0.4, 0.5) is 5.69 Å². The van der Waals surface area contributed by atoms with E-state index in [2.05, 4.69) is 15.7 Å². The molecule has 1 unspecified atom stereocenters. The molecule has 0 aromatic carbocycles. The third-order valence-corrected chi connectivity index (χ3v) is 3.95. The van der Waals surface area contributed by atoms with Crippen LogP contribution in [0.5, 0.6) is 0 Å². The van der Waals surface area contributed by atoms with Gasteiger partial charge in [-0.05, 0) is 36.9 Å². The van der Waals surface area contributed by atoms with E-state index in [1.807, 2.05) is 27.7 Å². The van der Waals surface area contributed by atoms with Gasteiger partial charge in [0.15, 0.2) is 5.69 Å². The molecule has 2 aromatic heterocycles. The first kappa shape index (κ1) is 12.4. The molecule has 100 valence electrons. The Bertz CT molecular complexity index is 543. The van der Waals surface area contributed by atoms with E-state index in [1.54, 1.807) is 17.4 Å². The van der Waals surface area contributed by atoms with Crippen molar-refractivity contribution < 1.29 is 4.79 Å². The number of rotatable bonds is 3. The van der Waals surface area contributed by atoms with Crippen molar-refractivity contribution in [3.8, 4) is 0 Å². The van der Waals surface area contributed by atoms with E-state index in [0.717, 1.165) is 31.6 Å². The van der Waals surface area contributed by atoms with Gasteiger partial charge in [0.05, 0.1) is 11.7 Å². The average molecular weight is 276 g/mol. The Kier molecular flexibility index (Phi) is 3.61. The van der Waals surface area contributed by atoms with E-state index in [1.165, 1.54) is 0 Å². The lowest BCUT2D eigenvalue weighted by Gasteiger charge is -2.22. The number of hydrogen-bond donors (Lipinski definition) is 2. The average Bonchev–Trinajstić information content (AvgIpc) is 3.10. The molecule has 2 aromatic rings. The van der Waals surface area contributed by atoms with Crippen LogP contribution in [0.1, 0.15) is 29.4 Å². The molecule has 1 atom stereocenters. The summed E-state index contributed by atoms with van der Waals surface area (Å²) in [5.41, 5.74) is 1.29. The number of anilines is 1. The predicted octanol–water partition coefficient (Wildman–Crippen LogP) is 2.12. The lowest BCUT2D eigenvalue weighted by atomic mass is 10.1. The van der Waals surface area contributed by atoms with Crippen molar-refractivity contribution in [1.82, 2.24) is 15.1 Å². The highest BCUT2D eigenvalue weighted by molar-refractivity contribution is 7.08. The monoisotopic (exact) mass is 276 g/mol. The fourth-order valence-electron chi connectivity index (χ4n) is 2.25. The van der Waals surface area contributed by atoms with Gasteiger partial charge in [-0.15, -0.1) is 0 Å². The third kappa shape index (κ3) is 2.85. The minimum atomic E-state index is -0.152. The second-order valence-corrected chi connectivity index (χ2v) is 5.43. The number of carbonyl (C=O) groups excluding carboxylic acids is 1. The molecule has 0 radical (unpaired) electrons. The molecule has 2 N–H and O–H groups in total. The number of aromatic nitrogens is 2. The van der Waals surface area contributed by atoms with E-state index in [4.69, 9.17) is 0 Å². The molecule has 1 amide bonds. The van der Waals surface area contributed by atoms with E-state index in [-0.39, 0.29) is 5.91 Å². The van der Waals surface area contributed by atoms with Gasteiger partial charge in [-0.1, -0.05) is 0 Å². The molecule has 5 nitrogen and oxygen atoms in total. The largest absolute Gasteiger partial charge is 0.320 e. The normalized spacial score (nSPS) is 19.3. The van der Waals surface area contributed by atoms with Gasteiger partial charge in [0, 0.05) is 18.1 Å². The van der Waals surface area contributed by atoms with Crippen molar-refractivity contribution in [2.45, 2.75) is 18.9 Å². The quantitative estimate of drug-likeness (QED) is 0.903. The zero-order valence-corrected chi connectivity index (χ0v) is 11.3. The SMILES string of the molecule is O=C(Nc1ccsc1)c1ccn(C2CCCNC2)n1. The summed E-state index contributed by atoms with van der Waals surface area (Å²) >= 11 is 1.56. The maximum atomic E-state index is 12.0. The van der Waals surface area contributed by atoms with Crippen LogP contribution < -0.4 is 10.6 Å². The van der Waals surface area contributed by atoms with Crippen molar-refractivity contribution in [2.75, 3.05) is 18.4 Å². The Balaban J connectivity index is 1.68. The Morgan fingerprint density at radius 3 is 3.21 bits per heavy atom.